The Morgan fingerprint density at radius 3 is 2.50 bits per heavy atom. The highest BCUT2D eigenvalue weighted by molar-refractivity contribution is 6.29. The number of rotatable bonds is 0. The van der Waals surface area contributed by atoms with Gasteiger partial charge < -0.3 is 4.90 Å². The van der Waals surface area contributed by atoms with Gasteiger partial charge in [0.15, 0.2) is 0 Å². The van der Waals surface area contributed by atoms with E-state index in [1.54, 1.807) is 18.0 Å². The van der Waals surface area contributed by atoms with Crippen LogP contribution in [0.5, 0.6) is 0 Å². The van der Waals surface area contributed by atoms with E-state index in [0.717, 1.165) is 17.0 Å². The molecule has 0 N–H and O–H groups in total. The lowest BCUT2D eigenvalue weighted by molar-refractivity contribution is -0.119. The second-order valence-electron chi connectivity index (χ2n) is 7.50. The average Bonchev–Trinajstić information content (AvgIpc) is 2.98. The first-order valence-corrected chi connectivity index (χ1v) is 8.05. The molecule has 122 valence electrons. The fourth-order valence-corrected chi connectivity index (χ4v) is 4.02. The van der Waals surface area contributed by atoms with Crippen LogP contribution in [0.4, 0.5) is 15.8 Å². The topological polar surface area (TPSA) is 32.7 Å². The van der Waals surface area contributed by atoms with Crippen LogP contribution in [-0.4, -0.2) is 18.7 Å². The number of fused-ring (bicyclic) bond motifs is 4. The Hall–Kier alpha value is -2.49. The number of carbonyl (C=O) groups excluding carboxylic acids is 1. The first-order valence-electron chi connectivity index (χ1n) is 8.05. The van der Waals surface area contributed by atoms with Crippen LogP contribution in [0, 0.1) is 11.2 Å². The van der Waals surface area contributed by atoms with Crippen LogP contribution in [0.2, 0.25) is 0 Å². The molecule has 4 rings (SSSR count). The van der Waals surface area contributed by atoms with Crippen LogP contribution in [-0.2, 0) is 10.2 Å². The van der Waals surface area contributed by atoms with Crippen molar-refractivity contribution in [2.24, 2.45) is 10.4 Å². The van der Waals surface area contributed by atoms with E-state index in [-0.39, 0.29) is 17.1 Å². The van der Waals surface area contributed by atoms with E-state index in [2.05, 4.69) is 0 Å². The third-order valence-electron chi connectivity index (χ3n) is 4.96. The SMILES string of the molecule is CN1C(=O)C2(C(C(C)(C)C)=Nc3ccc(F)cc32)c2ccccc21. The number of nitrogens with zero attached hydrogens (tertiary/aromatic N) is 2. The third kappa shape index (κ3) is 1.66. The highest BCUT2D eigenvalue weighted by Crippen LogP contribution is 2.55. The summed E-state index contributed by atoms with van der Waals surface area (Å²) in [7, 11) is 1.77. The lowest BCUT2D eigenvalue weighted by atomic mass is 9.66. The van der Waals surface area contributed by atoms with Crippen LogP contribution in [0.15, 0.2) is 47.5 Å². The second-order valence-corrected chi connectivity index (χ2v) is 7.50. The maximum absolute atomic E-state index is 14.0. The van der Waals surface area contributed by atoms with Crippen molar-refractivity contribution in [1.82, 2.24) is 0 Å². The highest BCUT2D eigenvalue weighted by atomic mass is 19.1. The number of halogens is 1. The minimum absolute atomic E-state index is 0.0678. The lowest BCUT2D eigenvalue weighted by Crippen LogP contribution is -2.48. The fraction of sp³-hybridized carbons (Fsp3) is 0.300. The van der Waals surface area contributed by atoms with Crippen LogP contribution in [0.3, 0.4) is 0 Å². The van der Waals surface area contributed by atoms with E-state index >= 15 is 0 Å². The molecule has 2 aliphatic rings. The van der Waals surface area contributed by atoms with Gasteiger partial charge in [-0.2, -0.15) is 0 Å². The largest absolute Gasteiger partial charge is 0.314 e. The number of amides is 1. The molecule has 4 heteroatoms. The number of likely N-dealkylation sites (N-methyl/N-ethyl adjacent to an activating group) is 1. The Kier molecular flexibility index (Phi) is 2.84. The summed E-state index contributed by atoms with van der Waals surface area (Å²) < 4.78 is 14.0. The van der Waals surface area contributed by atoms with Gasteiger partial charge in [0.05, 0.1) is 5.69 Å². The summed E-state index contributed by atoms with van der Waals surface area (Å²) in [6.07, 6.45) is 0. The fourth-order valence-electron chi connectivity index (χ4n) is 4.02. The molecule has 1 amide bonds. The van der Waals surface area contributed by atoms with Gasteiger partial charge in [-0.05, 0) is 24.3 Å². The molecule has 0 saturated carbocycles. The predicted octanol–water partition coefficient (Wildman–Crippen LogP) is 4.22. The van der Waals surface area contributed by atoms with Crippen molar-refractivity contribution in [3.05, 3.63) is 59.4 Å². The van der Waals surface area contributed by atoms with Gasteiger partial charge in [0.1, 0.15) is 11.2 Å². The summed E-state index contributed by atoms with van der Waals surface area (Å²) in [6.45, 7) is 6.14. The van der Waals surface area contributed by atoms with Crippen LogP contribution in [0.25, 0.3) is 0 Å². The summed E-state index contributed by atoms with van der Waals surface area (Å²) in [5.41, 5.74) is 2.49. The molecule has 3 nitrogen and oxygen atoms in total. The number of hydrogen-bond acceptors (Lipinski definition) is 2. The molecular formula is C20H19FN2O. The molecule has 24 heavy (non-hydrogen) atoms. The molecule has 0 radical (unpaired) electrons. The summed E-state index contributed by atoms with van der Waals surface area (Å²) >= 11 is 0. The third-order valence-corrected chi connectivity index (χ3v) is 4.96. The molecule has 1 atom stereocenters. The monoisotopic (exact) mass is 322 g/mol. The molecule has 0 bridgehead atoms. The van der Waals surface area contributed by atoms with E-state index < -0.39 is 5.41 Å². The number of carbonyl (C=O) groups is 1. The standard InChI is InChI=1S/C20H19FN2O/c1-19(2,3)17-20(14-11-12(21)9-10-15(14)22-17)13-7-5-6-8-16(13)23(4)18(20)24/h5-11H,1-4H3. The van der Waals surface area contributed by atoms with Gasteiger partial charge in [0.2, 0.25) is 5.91 Å². The van der Waals surface area contributed by atoms with Gasteiger partial charge in [-0.25, -0.2) is 4.39 Å². The van der Waals surface area contributed by atoms with Crippen LogP contribution in [0.1, 0.15) is 31.9 Å². The lowest BCUT2D eigenvalue weighted by Gasteiger charge is -2.33. The number of hydrogen-bond donors (Lipinski definition) is 0. The van der Waals surface area contributed by atoms with E-state index in [0.29, 0.717) is 11.3 Å². The normalized spacial score (nSPS) is 22.0. The van der Waals surface area contributed by atoms with Crippen LogP contribution < -0.4 is 4.90 Å². The number of benzene rings is 2. The van der Waals surface area contributed by atoms with Gasteiger partial charge in [0, 0.05) is 35.0 Å². The maximum Gasteiger partial charge on any atom is 0.247 e. The Balaban J connectivity index is 2.14. The Morgan fingerprint density at radius 1 is 1.08 bits per heavy atom. The molecule has 0 aliphatic carbocycles. The quantitative estimate of drug-likeness (QED) is 0.715. The zero-order chi connectivity index (χ0) is 17.3. The predicted molar refractivity (Wildman–Crippen MR) is 93.6 cm³/mol. The molecule has 2 aliphatic heterocycles. The smallest absolute Gasteiger partial charge is 0.247 e. The first kappa shape index (κ1) is 15.1. The van der Waals surface area contributed by atoms with E-state index in [1.807, 2.05) is 45.0 Å². The van der Waals surface area contributed by atoms with Gasteiger partial charge in [-0.3, -0.25) is 9.79 Å². The molecule has 1 unspecified atom stereocenters. The molecule has 2 aromatic carbocycles. The number of aliphatic imine (C=N–C) groups is 1. The molecule has 2 heterocycles. The number of anilines is 1. The van der Waals surface area contributed by atoms with E-state index in [9.17, 15) is 9.18 Å². The molecule has 2 aromatic rings. The van der Waals surface area contributed by atoms with Crippen molar-refractivity contribution in [2.45, 2.75) is 26.2 Å². The number of para-hydroxylation sites is 1. The van der Waals surface area contributed by atoms with Gasteiger partial charge >= 0.3 is 0 Å². The van der Waals surface area contributed by atoms with Crippen molar-refractivity contribution in [2.75, 3.05) is 11.9 Å². The Bertz CT molecular complexity index is 910. The van der Waals surface area contributed by atoms with Crippen molar-refractivity contribution in [3.63, 3.8) is 0 Å². The van der Waals surface area contributed by atoms with Gasteiger partial charge in [0.25, 0.3) is 0 Å². The van der Waals surface area contributed by atoms with Crippen molar-refractivity contribution < 1.29 is 9.18 Å². The highest BCUT2D eigenvalue weighted by Gasteiger charge is 2.60. The van der Waals surface area contributed by atoms with Crippen molar-refractivity contribution in [1.29, 1.82) is 0 Å². The van der Waals surface area contributed by atoms with Crippen molar-refractivity contribution in [3.8, 4) is 0 Å². The van der Waals surface area contributed by atoms with Crippen LogP contribution >= 0.6 is 0 Å². The Labute approximate surface area is 140 Å². The molecule has 0 fully saturated rings. The molecular weight excluding hydrogens is 303 g/mol. The minimum Gasteiger partial charge on any atom is -0.314 e. The Morgan fingerprint density at radius 2 is 1.79 bits per heavy atom. The van der Waals surface area contributed by atoms with E-state index in [4.69, 9.17) is 4.99 Å². The zero-order valence-corrected chi connectivity index (χ0v) is 14.2. The summed E-state index contributed by atoms with van der Waals surface area (Å²) in [5, 5.41) is 0. The summed E-state index contributed by atoms with van der Waals surface area (Å²) in [5.74, 6) is -0.417. The van der Waals surface area contributed by atoms with E-state index in [1.165, 1.54) is 12.1 Å². The zero-order valence-electron chi connectivity index (χ0n) is 14.2. The average molecular weight is 322 g/mol. The molecule has 0 saturated heterocycles. The maximum atomic E-state index is 14.0. The minimum atomic E-state index is -1.03. The van der Waals surface area contributed by atoms with Gasteiger partial charge in [-0.15, -0.1) is 0 Å². The molecule has 0 aromatic heterocycles. The first-order chi connectivity index (χ1) is 11.3. The summed E-state index contributed by atoms with van der Waals surface area (Å²) in [4.78, 5) is 19.9. The summed E-state index contributed by atoms with van der Waals surface area (Å²) in [6, 6.07) is 12.3. The second kappa shape index (κ2) is 4.53. The van der Waals surface area contributed by atoms with Gasteiger partial charge in [-0.1, -0.05) is 39.0 Å². The molecule has 1 spiro atoms. The van der Waals surface area contributed by atoms with Crippen molar-refractivity contribution >= 4 is 23.0 Å².